The summed E-state index contributed by atoms with van der Waals surface area (Å²) in [6.07, 6.45) is 14.0. The molecule has 2 fully saturated rings. The third kappa shape index (κ3) is 6.92. The molecule has 2 aliphatic carbocycles. The fourth-order valence-electron chi connectivity index (χ4n) is 5.43. The number of hydrogen-bond donors (Lipinski definition) is 3. The van der Waals surface area contributed by atoms with E-state index in [0.717, 1.165) is 38.0 Å². The molecular formula is C26H40FN5O3. The van der Waals surface area contributed by atoms with Crippen LogP contribution in [-0.4, -0.2) is 46.3 Å². The predicted octanol–water partition coefficient (Wildman–Crippen LogP) is 3.71. The molecule has 4 N–H and O–H groups in total. The molecule has 2 heterocycles. The van der Waals surface area contributed by atoms with Crippen molar-refractivity contribution in [2.75, 3.05) is 7.05 Å². The summed E-state index contributed by atoms with van der Waals surface area (Å²) in [6.45, 7) is 4.06. The topological polar surface area (TPSA) is 121 Å². The van der Waals surface area contributed by atoms with Gasteiger partial charge in [0.05, 0.1) is 5.56 Å². The normalized spacial score (nSPS) is 27.1. The molecule has 0 bridgehead atoms. The number of nitrogens with one attached hydrogen (secondary N) is 2. The second kappa shape index (κ2) is 11.8. The molecule has 3 atom stereocenters. The van der Waals surface area contributed by atoms with Crippen LogP contribution in [0.15, 0.2) is 22.1 Å². The second-order valence-electron chi connectivity index (χ2n) is 10.6. The Morgan fingerprint density at radius 2 is 1.94 bits per heavy atom. The van der Waals surface area contributed by atoms with Crippen molar-refractivity contribution >= 4 is 17.8 Å². The third-order valence-electron chi connectivity index (χ3n) is 7.65. The van der Waals surface area contributed by atoms with Crippen molar-refractivity contribution < 1.29 is 14.0 Å². The van der Waals surface area contributed by atoms with Gasteiger partial charge in [0.25, 0.3) is 17.4 Å². The van der Waals surface area contributed by atoms with Gasteiger partial charge in [-0.2, -0.15) is 0 Å². The SMILES string of the molecule is CC1CCC[C@@H](NC(=O)c2cc[nH]c(=O)c2F)C1.CN1C(=O)C(C)(CCC2CCCCC2)N=C1N. The van der Waals surface area contributed by atoms with Crippen molar-refractivity contribution in [1.82, 2.24) is 15.2 Å². The summed E-state index contributed by atoms with van der Waals surface area (Å²) in [5.74, 6) is 0.257. The van der Waals surface area contributed by atoms with Crippen LogP contribution in [0.2, 0.25) is 0 Å². The summed E-state index contributed by atoms with van der Waals surface area (Å²) in [4.78, 5) is 43.0. The van der Waals surface area contributed by atoms with E-state index in [4.69, 9.17) is 5.73 Å². The summed E-state index contributed by atoms with van der Waals surface area (Å²) >= 11 is 0. The van der Waals surface area contributed by atoms with Gasteiger partial charge >= 0.3 is 0 Å². The van der Waals surface area contributed by atoms with E-state index in [2.05, 4.69) is 22.2 Å². The number of aliphatic imine (C=N–C) groups is 1. The Labute approximate surface area is 206 Å². The molecule has 1 aromatic rings. The summed E-state index contributed by atoms with van der Waals surface area (Å²) in [6, 6.07) is 1.37. The average molecular weight is 490 g/mol. The fourth-order valence-corrected chi connectivity index (χ4v) is 5.43. The van der Waals surface area contributed by atoms with Crippen LogP contribution < -0.4 is 16.6 Å². The first-order valence-electron chi connectivity index (χ1n) is 12.9. The zero-order chi connectivity index (χ0) is 25.6. The lowest BCUT2D eigenvalue weighted by atomic mass is 9.82. The lowest BCUT2D eigenvalue weighted by Crippen LogP contribution is -2.40. The lowest BCUT2D eigenvalue weighted by molar-refractivity contribution is -0.130. The van der Waals surface area contributed by atoms with Crippen LogP contribution in [0.25, 0.3) is 0 Å². The average Bonchev–Trinajstić information content (AvgIpc) is 3.03. The maximum Gasteiger partial charge on any atom is 0.284 e. The van der Waals surface area contributed by atoms with Crippen LogP contribution >= 0.6 is 0 Å². The van der Waals surface area contributed by atoms with Crippen LogP contribution in [0, 0.1) is 17.7 Å². The first-order chi connectivity index (χ1) is 16.6. The quantitative estimate of drug-likeness (QED) is 0.584. The minimum absolute atomic E-state index is 0.0470. The molecule has 8 nitrogen and oxygen atoms in total. The summed E-state index contributed by atoms with van der Waals surface area (Å²) < 4.78 is 13.5. The van der Waals surface area contributed by atoms with Gasteiger partial charge in [-0.3, -0.25) is 19.3 Å². The lowest BCUT2D eigenvalue weighted by Gasteiger charge is -2.27. The Morgan fingerprint density at radius 1 is 1.23 bits per heavy atom. The number of rotatable bonds is 5. The predicted molar refractivity (Wildman–Crippen MR) is 135 cm³/mol. The number of amides is 2. The molecule has 2 amide bonds. The van der Waals surface area contributed by atoms with Crippen LogP contribution in [0.5, 0.6) is 0 Å². The van der Waals surface area contributed by atoms with Crippen LogP contribution in [-0.2, 0) is 4.79 Å². The number of aromatic nitrogens is 1. The third-order valence-corrected chi connectivity index (χ3v) is 7.65. The van der Waals surface area contributed by atoms with E-state index in [9.17, 15) is 18.8 Å². The van der Waals surface area contributed by atoms with E-state index in [1.54, 1.807) is 7.05 Å². The highest BCUT2D eigenvalue weighted by atomic mass is 19.1. The highest BCUT2D eigenvalue weighted by Gasteiger charge is 2.42. The first-order valence-corrected chi connectivity index (χ1v) is 12.9. The van der Waals surface area contributed by atoms with E-state index in [-0.39, 0.29) is 17.5 Å². The number of hydrogen-bond acceptors (Lipinski definition) is 5. The monoisotopic (exact) mass is 489 g/mol. The van der Waals surface area contributed by atoms with Gasteiger partial charge in [0, 0.05) is 19.3 Å². The molecule has 2 saturated carbocycles. The van der Waals surface area contributed by atoms with Gasteiger partial charge in [-0.25, -0.2) is 9.38 Å². The second-order valence-corrected chi connectivity index (χ2v) is 10.6. The minimum Gasteiger partial charge on any atom is -0.369 e. The van der Waals surface area contributed by atoms with Crippen LogP contribution in [0.3, 0.4) is 0 Å². The summed E-state index contributed by atoms with van der Waals surface area (Å²) in [7, 11) is 1.70. The van der Waals surface area contributed by atoms with Gasteiger partial charge in [0.2, 0.25) is 5.82 Å². The Bertz CT molecular complexity index is 987. The molecule has 0 radical (unpaired) electrons. The Kier molecular flexibility index (Phi) is 9.08. The summed E-state index contributed by atoms with van der Waals surface area (Å²) in [5.41, 5.74) is 4.06. The highest BCUT2D eigenvalue weighted by Crippen LogP contribution is 2.33. The Morgan fingerprint density at radius 3 is 2.57 bits per heavy atom. The number of H-pyrrole nitrogens is 1. The molecular weight excluding hydrogens is 449 g/mol. The Balaban J connectivity index is 0.000000196. The van der Waals surface area contributed by atoms with E-state index < -0.39 is 22.8 Å². The van der Waals surface area contributed by atoms with Gasteiger partial charge < -0.3 is 16.0 Å². The molecule has 2 unspecified atom stereocenters. The number of likely N-dealkylation sites (N-methyl/N-ethyl adjacent to an activating group) is 1. The molecule has 3 aliphatic rings. The van der Waals surface area contributed by atoms with E-state index in [1.807, 2.05) is 6.92 Å². The van der Waals surface area contributed by atoms with Crippen molar-refractivity contribution in [3.63, 3.8) is 0 Å². The number of guanidine groups is 1. The number of halogens is 1. The molecule has 194 valence electrons. The largest absolute Gasteiger partial charge is 0.369 e. The van der Waals surface area contributed by atoms with Crippen molar-refractivity contribution in [3.8, 4) is 0 Å². The molecule has 4 rings (SSSR count). The first kappa shape index (κ1) is 26.9. The van der Waals surface area contributed by atoms with Gasteiger partial charge in [0.1, 0.15) is 5.54 Å². The van der Waals surface area contributed by atoms with E-state index >= 15 is 0 Å². The van der Waals surface area contributed by atoms with E-state index in [0.29, 0.717) is 11.9 Å². The summed E-state index contributed by atoms with van der Waals surface area (Å²) in [5, 5.41) is 2.80. The van der Waals surface area contributed by atoms with Gasteiger partial charge in [-0.05, 0) is 50.5 Å². The minimum atomic E-state index is -1.01. The molecule has 35 heavy (non-hydrogen) atoms. The van der Waals surface area contributed by atoms with Crippen molar-refractivity contribution in [2.45, 2.75) is 96.1 Å². The van der Waals surface area contributed by atoms with Crippen molar-refractivity contribution in [1.29, 1.82) is 0 Å². The molecule has 9 heteroatoms. The number of carbonyl (C=O) groups is 2. The van der Waals surface area contributed by atoms with E-state index in [1.165, 1.54) is 55.7 Å². The smallest absolute Gasteiger partial charge is 0.284 e. The zero-order valence-electron chi connectivity index (χ0n) is 21.2. The van der Waals surface area contributed by atoms with Gasteiger partial charge in [-0.1, -0.05) is 51.9 Å². The molecule has 0 aromatic carbocycles. The maximum atomic E-state index is 13.5. The van der Waals surface area contributed by atoms with Crippen molar-refractivity contribution in [2.24, 2.45) is 22.6 Å². The zero-order valence-corrected chi connectivity index (χ0v) is 21.2. The number of aromatic amines is 1. The van der Waals surface area contributed by atoms with Gasteiger partial charge in [0.15, 0.2) is 5.96 Å². The number of nitrogens with two attached hydrogens (primary N) is 1. The molecule has 1 aliphatic heterocycles. The fraction of sp³-hybridized carbons (Fsp3) is 0.692. The molecule has 0 saturated heterocycles. The van der Waals surface area contributed by atoms with Crippen LogP contribution in [0.1, 0.15) is 94.8 Å². The van der Waals surface area contributed by atoms with Crippen LogP contribution in [0.4, 0.5) is 4.39 Å². The van der Waals surface area contributed by atoms with Crippen molar-refractivity contribution in [3.05, 3.63) is 34.0 Å². The number of carbonyl (C=O) groups excluding carboxylic acids is 2. The standard InChI is InChI=1S/C13H17FN2O2.C13H23N3O/c1-8-3-2-4-9(7-8)16-12(17)10-5-6-15-13(18)11(10)14;1-13(11(17)16(2)12(14)15-13)9-8-10-6-4-3-5-7-10/h5-6,8-9H,2-4,7H2,1H3,(H,15,18)(H,16,17);10H,3-9H2,1-2H3,(H2,14,15)/t8?,9-;/m1./s1. The molecule has 0 spiro atoms. The van der Waals surface area contributed by atoms with Gasteiger partial charge in [-0.15, -0.1) is 0 Å². The highest BCUT2D eigenvalue weighted by molar-refractivity contribution is 6.06. The maximum absolute atomic E-state index is 13.5. The number of pyridine rings is 1. The number of nitrogens with zero attached hydrogens (tertiary/aromatic N) is 2. The molecule has 1 aromatic heterocycles. The Hall–Kier alpha value is -2.71.